The molecule has 2 N–H and O–H groups in total. The number of aromatic nitrogens is 5. The maximum Gasteiger partial charge on any atom is 0.236 e. The van der Waals surface area contributed by atoms with Crippen LogP contribution < -0.4 is 10.0 Å². The Morgan fingerprint density at radius 2 is 2.21 bits per heavy atom. The van der Waals surface area contributed by atoms with Crippen LogP contribution in [0.1, 0.15) is 17.7 Å². The molecule has 1 saturated heterocycles. The van der Waals surface area contributed by atoms with E-state index in [0.29, 0.717) is 47.9 Å². The first-order chi connectivity index (χ1) is 11.5. The second-order valence-electron chi connectivity index (χ2n) is 5.64. The molecule has 0 radical (unpaired) electrons. The van der Waals surface area contributed by atoms with Gasteiger partial charge in [-0.05, 0) is 23.7 Å². The van der Waals surface area contributed by atoms with Crippen LogP contribution in [-0.4, -0.2) is 45.8 Å². The number of nitrogen functional groups attached to an aromatic ring is 1. The zero-order chi connectivity index (χ0) is 16.9. The molecule has 1 fully saturated rings. The molecule has 0 amide bonds. The largest absolute Gasteiger partial charge is 0.396 e. The van der Waals surface area contributed by atoms with Crippen molar-refractivity contribution in [1.29, 1.82) is 0 Å². The predicted molar refractivity (Wildman–Crippen MR) is 85.8 cm³/mol. The number of hydrogen-bond donors (Lipinski definition) is 1. The molecule has 4 heterocycles. The summed E-state index contributed by atoms with van der Waals surface area (Å²) < 4.78 is 31.6. The Labute approximate surface area is 137 Å². The Morgan fingerprint density at radius 3 is 2.96 bits per heavy atom. The summed E-state index contributed by atoms with van der Waals surface area (Å²) in [5, 5.41) is 11.8. The Bertz CT molecular complexity index is 1020. The van der Waals surface area contributed by atoms with Gasteiger partial charge in [0.05, 0.1) is 18.0 Å². The van der Waals surface area contributed by atoms with Gasteiger partial charge in [0.2, 0.25) is 15.7 Å². The minimum atomic E-state index is -3.25. The number of fused-ring (bicyclic) bond motifs is 1. The van der Waals surface area contributed by atoms with E-state index in [4.69, 9.17) is 5.73 Å². The highest BCUT2D eigenvalue weighted by Crippen LogP contribution is 2.25. The van der Waals surface area contributed by atoms with Crippen LogP contribution in [-0.2, 0) is 16.6 Å². The number of nitrogens with zero attached hydrogens (tertiary/aromatic N) is 6. The lowest BCUT2D eigenvalue weighted by Gasteiger charge is -2.13. The molecule has 10 nitrogen and oxygen atoms in total. The molecule has 0 saturated carbocycles. The van der Waals surface area contributed by atoms with Gasteiger partial charge in [-0.1, -0.05) is 0 Å². The van der Waals surface area contributed by atoms with E-state index in [0.717, 1.165) is 5.56 Å². The fraction of sp³-hybridized carbons (Fsp3) is 0.385. The van der Waals surface area contributed by atoms with E-state index in [9.17, 15) is 8.42 Å². The predicted octanol–water partition coefficient (Wildman–Crippen LogP) is 0.293. The third-order valence-corrected chi connectivity index (χ3v) is 5.91. The average Bonchev–Trinajstić information content (AvgIpc) is 3.22. The molecule has 11 heteroatoms. The Hall–Kier alpha value is -2.69. The van der Waals surface area contributed by atoms with Gasteiger partial charge in [0.1, 0.15) is 0 Å². The van der Waals surface area contributed by atoms with Gasteiger partial charge in [-0.25, -0.2) is 18.0 Å². The Kier molecular flexibility index (Phi) is 3.20. The maximum absolute atomic E-state index is 12.0. The van der Waals surface area contributed by atoms with E-state index in [1.54, 1.807) is 16.9 Å². The first kappa shape index (κ1) is 14.9. The summed E-state index contributed by atoms with van der Waals surface area (Å²) in [6, 6.07) is 1.68. The average molecular weight is 349 g/mol. The molecule has 0 aliphatic carbocycles. The summed E-state index contributed by atoms with van der Waals surface area (Å²) >= 11 is 0. The third-order valence-electron chi connectivity index (χ3n) is 4.06. The minimum absolute atomic E-state index is 0.158. The van der Waals surface area contributed by atoms with Gasteiger partial charge in [-0.15, -0.1) is 0 Å². The van der Waals surface area contributed by atoms with Crippen LogP contribution in [0.5, 0.6) is 0 Å². The topological polar surface area (TPSA) is 133 Å². The SMILES string of the molecule is Cc1nc2nonc2c(N)c1Cn1ccc(N2CCCS2(=O)=O)n1. The van der Waals surface area contributed by atoms with Gasteiger partial charge in [0, 0.05) is 30.1 Å². The van der Waals surface area contributed by atoms with Gasteiger partial charge in [0.25, 0.3) is 0 Å². The molecule has 1 aliphatic heterocycles. The molecule has 3 aromatic rings. The normalized spacial score (nSPS) is 17.0. The first-order valence-electron chi connectivity index (χ1n) is 7.37. The van der Waals surface area contributed by atoms with Crippen molar-refractivity contribution in [2.45, 2.75) is 19.9 Å². The highest BCUT2D eigenvalue weighted by Gasteiger charge is 2.30. The van der Waals surface area contributed by atoms with E-state index in [2.05, 4.69) is 25.0 Å². The second-order valence-corrected chi connectivity index (χ2v) is 7.65. The molecule has 24 heavy (non-hydrogen) atoms. The fourth-order valence-electron chi connectivity index (χ4n) is 2.82. The van der Waals surface area contributed by atoms with Gasteiger partial charge >= 0.3 is 0 Å². The van der Waals surface area contributed by atoms with Crippen LogP contribution in [0, 0.1) is 6.92 Å². The van der Waals surface area contributed by atoms with E-state index >= 15 is 0 Å². The van der Waals surface area contributed by atoms with Crippen LogP contribution in [0.2, 0.25) is 0 Å². The highest BCUT2D eigenvalue weighted by atomic mass is 32.2. The number of sulfonamides is 1. The van der Waals surface area contributed by atoms with Crippen molar-refractivity contribution in [3.63, 3.8) is 0 Å². The van der Waals surface area contributed by atoms with Crippen LogP contribution in [0.25, 0.3) is 11.2 Å². The zero-order valence-electron chi connectivity index (χ0n) is 12.9. The molecule has 0 atom stereocenters. The standard InChI is InChI=1S/C13H15N7O3S/c1-8-9(11(14)12-13(15-8)18-23-17-12)7-19-5-3-10(16-19)20-4-2-6-24(20,21)22/h3,5H,2,4,6-7,14H2,1H3. The molecule has 3 aromatic heterocycles. The monoisotopic (exact) mass is 349 g/mol. The number of hydrogen-bond acceptors (Lipinski definition) is 8. The summed E-state index contributed by atoms with van der Waals surface area (Å²) in [6.45, 7) is 2.62. The van der Waals surface area contributed by atoms with Gasteiger partial charge in [-0.3, -0.25) is 8.99 Å². The Balaban J connectivity index is 1.67. The fourth-order valence-corrected chi connectivity index (χ4v) is 4.33. The van der Waals surface area contributed by atoms with Gasteiger partial charge in [0.15, 0.2) is 11.3 Å². The molecule has 0 unspecified atom stereocenters. The van der Waals surface area contributed by atoms with Crippen molar-refractivity contribution in [3.05, 3.63) is 23.5 Å². The van der Waals surface area contributed by atoms with Crippen LogP contribution in [0.3, 0.4) is 0 Å². The van der Waals surface area contributed by atoms with E-state index in [1.807, 2.05) is 6.92 Å². The smallest absolute Gasteiger partial charge is 0.236 e. The number of nitrogens with two attached hydrogens (primary N) is 1. The Morgan fingerprint density at radius 1 is 1.38 bits per heavy atom. The molecule has 1 aliphatic rings. The second kappa shape index (κ2) is 5.16. The van der Waals surface area contributed by atoms with E-state index in [1.165, 1.54) is 4.31 Å². The van der Waals surface area contributed by atoms with Crippen LogP contribution in [0.15, 0.2) is 16.9 Å². The third kappa shape index (κ3) is 2.28. The van der Waals surface area contributed by atoms with E-state index < -0.39 is 10.0 Å². The van der Waals surface area contributed by atoms with Gasteiger partial charge < -0.3 is 5.73 Å². The molecular weight excluding hydrogens is 334 g/mol. The van der Waals surface area contributed by atoms with Crippen molar-refractivity contribution in [1.82, 2.24) is 25.1 Å². The van der Waals surface area contributed by atoms with Crippen molar-refractivity contribution >= 4 is 32.7 Å². The first-order valence-corrected chi connectivity index (χ1v) is 8.98. The molecule has 0 spiro atoms. The number of anilines is 2. The molecule has 4 rings (SSSR count). The van der Waals surface area contributed by atoms with Crippen molar-refractivity contribution in [2.24, 2.45) is 0 Å². The lowest BCUT2D eigenvalue weighted by atomic mass is 10.1. The highest BCUT2D eigenvalue weighted by molar-refractivity contribution is 7.93. The molecular formula is C13H15N7O3S. The van der Waals surface area contributed by atoms with Crippen LogP contribution >= 0.6 is 0 Å². The number of aryl methyl sites for hydroxylation is 1. The summed E-state index contributed by atoms with van der Waals surface area (Å²) in [7, 11) is -3.25. The van der Waals surface area contributed by atoms with Crippen molar-refractivity contribution < 1.29 is 13.0 Å². The van der Waals surface area contributed by atoms with Crippen molar-refractivity contribution in [2.75, 3.05) is 22.3 Å². The lowest BCUT2D eigenvalue weighted by molar-refractivity contribution is 0.315. The number of pyridine rings is 1. The summed E-state index contributed by atoms with van der Waals surface area (Å²) in [5.41, 5.74) is 8.78. The molecule has 126 valence electrons. The zero-order valence-corrected chi connectivity index (χ0v) is 13.7. The van der Waals surface area contributed by atoms with E-state index in [-0.39, 0.29) is 5.75 Å². The lowest BCUT2D eigenvalue weighted by Crippen LogP contribution is -2.25. The van der Waals surface area contributed by atoms with Crippen molar-refractivity contribution in [3.8, 4) is 0 Å². The minimum Gasteiger partial charge on any atom is -0.396 e. The quantitative estimate of drug-likeness (QED) is 0.713. The number of rotatable bonds is 3. The summed E-state index contributed by atoms with van der Waals surface area (Å²) in [5.74, 6) is 0.576. The van der Waals surface area contributed by atoms with Gasteiger partial charge in [-0.2, -0.15) is 5.10 Å². The summed E-state index contributed by atoms with van der Waals surface area (Å²) in [4.78, 5) is 4.31. The molecule has 0 aromatic carbocycles. The molecule has 0 bridgehead atoms. The maximum atomic E-state index is 12.0. The van der Waals surface area contributed by atoms with Crippen LogP contribution in [0.4, 0.5) is 11.5 Å². The summed E-state index contributed by atoms with van der Waals surface area (Å²) in [6.07, 6.45) is 2.33.